The monoisotopic (exact) mass is 291 g/mol. The Kier molecular flexibility index (Phi) is 4.88. The number of ether oxygens (including phenoxy) is 1. The van der Waals surface area contributed by atoms with E-state index in [9.17, 15) is 9.90 Å². The molecule has 0 radical (unpaired) electrons. The zero-order valence-electron chi connectivity index (χ0n) is 13.1. The molecule has 4 heteroatoms. The van der Waals surface area contributed by atoms with E-state index in [0.717, 1.165) is 37.2 Å². The molecule has 1 saturated heterocycles. The van der Waals surface area contributed by atoms with Crippen LogP contribution in [0.4, 0.5) is 0 Å². The molecule has 0 aliphatic carbocycles. The Hall–Kier alpha value is -1.55. The number of carboxylic acid groups (broad SMARTS) is 1. The summed E-state index contributed by atoms with van der Waals surface area (Å²) in [5.74, 6) is 0.0434. The highest BCUT2D eigenvalue weighted by molar-refractivity contribution is 5.74. The number of nitrogens with zero attached hydrogens (tertiary/aromatic N) is 1. The predicted octanol–water partition coefficient (Wildman–Crippen LogP) is 2.81. The van der Waals surface area contributed by atoms with Crippen LogP contribution in [0.3, 0.4) is 0 Å². The first-order valence-corrected chi connectivity index (χ1v) is 7.55. The quantitative estimate of drug-likeness (QED) is 0.906. The highest BCUT2D eigenvalue weighted by Crippen LogP contribution is 2.29. The molecule has 1 unspecified atom stereocenters. The lowest BCUT2D eigenvalue weighted by Crippen LogP contribution is -2.38. The Morgan fingerprint density at radius 1 is 1.43 bits per heavy atom. The number of carboxylic acids is 1. The fourth-order valence-corrected chi connectivity index (χ4v) is 2.71. The minimum Gasteiger partial charge on any atom is -0.489 e. The normalized spacial score (nSPS) is 20.2. The molecular weight excluding hydrogens is 266 g/mol. The summed E-state index contributed by atoms with van der Waals surface area (Å²) in [7, 11) is 2.11. The summed E-state index contributed by atoms with van der Waals surface area (Å²) in [6.07, 6.45) is 2.87. The van der Waals surface area contributed by atoms with Crippen LogP contribution in [0.2, 0.25) is 0 Å². The van der Waals surface area contributed by atoms with Crippen LogP contribution in [0.25, 0.3) is 0 Å². The zero-order valence-corrected chi connectivity index (χ0v) is 13.1. The Morgan fingerprint density at radius 2 is 2.14 bits per heavy atom. The maximum atomic E-state index is 11.3. The van der Waals surface area contributed by atoms with E-state index in [1.807, 2.05) is 24.3 Å². The first kappa shape index (κ1) is 15.8. The van der Waals surface area contributed by atoms with Crippen LogP contribution in [0.5, 0.6) is 5.75 Å². The van der Waals surface area contributed by atoms with Gasteiger partial charge in [-0.05, 0) is 58.3 Å². The molecule has 2 rings (SSSR count). The number of likely N-dealkylation sites (N-methyl/N-ethyl adjacent to an activating group) is 1. The van der Waals surface area contributed by atoms with Crippen LogP contribution >= 0.6 is 0 Å². The molecule has 1 atom stereocenters. The average molecular weight is 291 g/mol. The molecule has 116 valence electrons. The van der Waals surface area contributed by atoms with Crippen molar-refractivity contribution in [3.05, 3.63) is 29.8 Å². The van der Waals surface area contributed by atoms with Gasteiger partial charge in [0, 0.05) is 6.54 Å². The molecule has 1 aromatic carbocycles. The Bertz CT molecular complexity index is 499. The van der Waals surface area contributed by atoms with Crippen molar-refractivity contribution < 1.29 is 14.6 Å². The number of para-hydroxylation sites is 1. The first-order valence-electron chi connectivity index (χ1n) is 7.55. The van der Waals surface area contributed by atoms with E-state index in [4.69, 9.17) is 4.74 Å². The number of piperidine rings is 1. The topological polar surface area (TPSA) is 49.8 Å². The molecule has 1 aliphatic heterocycles. The molecule has 0 saturated carbocycles. The van der Waals surface area contributed by atoms with Gasteiger partial charge in [0.05, 0.1) is 5.41 Å². The molecule has 1 heterocycles. The smallest absolute Gasteiger partial charge is 0.309 e. The van der Waals surface area contributed by atoms with Gasteiger partial charge in [0.2, 0.25) is 0 Å². The molecule has 1 aliphatic rings. The summed E-state index contributed by atoms with van der Waals surface area (Å²) in [6.45, 7) is 5.55. The fraction of sp³-hybridized carbons (Fsp3) is 0.588. The van der Waals surface area contributed by atoms with E-state index < -0.39 is 11.4 Å². The van der Waals surface area contributed by atoms with Gasteiger partial charge >= 0.3 is 5.97 Å². The lowest BCUT2D eigenvalue weighted by molar-refractivity contribution is -0.146. The van der Waals surface area contributed by atoms with Crippen molar-refractivity contribution >= 4 is 5.97 Å². The molecule has 0 amide bonds. The van der Waals surface area contributed by atoms with Crippen LogP contribution < -0.4 is 4.74 Å². The largest absolute Gasteiger partial charge is 0.489 e. The SMILES string of the molecule is CN1CCCC(Oc2ccccc2CC(C)(C)C(=O)O)C1. The highest BCUT2D eigenvalue weighted by atomic mass is 16.5. The zero-order chi connectivity index (χ0) is 15.5. The molecule has 1 N–H and O–H groups in total. The molecule has 0 spiro atoms. The molecular formula is C17H25NO3. The number of aliphatic carboxylic acids is 1. The Morgan fingerprint density at radius 3 is 2.81 bits per heavy atom. The fourth-order valence-electron chi connectivity index (χ4n) is 2.71. The Balaban J connectivity index is 2.11. The van der Waals surface area contributed by atoms with Gasteiger partial charge < -0.3 is 14.7 Å². The van der Waals surface area contributed by atoms with E-state index in [2.05, 4.69) is 11.9 Å². The number of likely N-dealkylation sites (tertiary alicyclic amines) is 1. The third kappa shape index (κ3) is 4.21. The van der Waals surface area contributed by atoms with Crippen molar-refractivity contribution in [1.29, 1.82) is 0 Å². The molecule has 1 fully saturated rings. The minimum atomic E-state index is -0.789. The lowest BCUT2D eigenvalue weighted by atomic mass is 9.85. The van der Waals surface area contributed by atoms with E-state index in [1.165, 1.54) is 0 Å². The van der Waals surface area contributed by atoms with Crippen LogP contribution in [0.15, 0.2) is 24.3 Å². The summed E-state index contributed by atoms with van der Waals surface area (Å²) in [5.41, 5.74) is 0.182. The second-order valence-corrected chi connectivity index (χ2v) is 6.62. The van der Waals surface area contributed by atoms with Crippen molar-refractivity contribution in [2.75, 3.05) is 20.1 Å². The number of benzene rings is 1. The number of carbonyl (C=O) groups is 1. The molecule has 4 nitrogen and oxygen atoms in total. The van der Waals surface area contributed by atoms with E-state index >= 15 is 0 Å². The van der Waals surface area contributed by atoms with Crippen molar-refractivity contribution in [2.24, 2.45) is 5.41 Å². The average Bonchev–Trinajstić information content (AvgIpc) is 2.40. The minimum absolute atomic E-state index is 0.192. The van der Waals surface area contributed by atoms with Crippen molar-refractivity contribution in [3.63, 3.8) is 0 Å². The molecule has 0 aromatic heterocycles. The second kappa shape index (κ2) is 6.48. The maximum Gasteiger partial charge on any atom is 0.309 e. The van der Waals surface area contributed by atoms with Crippen LogP contribution in [-0.2, 0) is 11.2 Å². The highest BCUT2D eigenvalue weighted by Gasteiger charge is 2.29. The predicted molar refractivity (Wildman–Crippen MR) is 82.7 cm³/mol. The van der Waals surface area contributed by atoms with Gasteiger partial charge in [-0.3, -0.25) is 4.79 Å². The Labute approximate surface area is 126 Å². The second-order valence-electron chi connectivity index (χ2n) is 6.62. The number of hydrogen-bond acceptors (Lipinski definition) is 3. The summed E-state index contributed by atoms with van der Waals surface area (Å²) in [6, 6.07) is 7.79. The van der Waals surface area contributed by atoms with E-state index in [1.54, 1.807) is 13.8 Å². The third-order valence-electron chi connectivity index (χ3n) is 4.06. The van der Waals surface area contributed by atoms with Crippen LogP contribution in [0, 0.1) is 5.41 Å². The lowest BCUT2D eigenvalue weighted by Gasteiger charge is -2.31. The first-order chi connectivity index (χ1) is 9.88. The van der Waals surface area contributed by atoms with Crippen molar-refractivity contribution in [2.45, 2.75) is 39.2 Å². The molecule has 0 bridgehead atoms. The van der Waals surface area contributed by atoms with Gasteiger partial charge in [-0.25, -0.2) is 0 Å². The summed E-state index contributed by atoms with van der Waals surface area (Å²) >= 11 is 0. The summed E-state index contributed by atoms with van der Waals surface area (Å²) in [4.78, 5) is 13.6. The van der Waals surface area contributed by atoms with Gasteiger partial charge in [0.15, 0.2) is 0 Å². The van der Waals surface area contributed by atoms with E-state index in [0.29, 0.717) is 6.42 Å². The van der Waals surface area contributed by atoms with Gasteiger partial charge in [-0.2, -0.15) is 0 Å². The number of hydrogen-bond donors (Lipinski definition) is 1. The van der Waals surface area contributed by atoms with Crippen molar-refractivity contribution in [3.8, 4) is 5.75 Å². The molecule has 1 aromatic rings. The summed E-state index contributed by atoms with van der Waals surface area (Å²) < 4.78 is 6.15. The van der Waals surface area contributed by atoms with Gasteiger partial charge in [-0.1, -0.05) is 18.2 Å². The summed E-state index contributed by atoms with van der Waals surface area (Å²) in [5, 5.41) is 9.30. The van der Waals surface area contributed by atoms with Gasteiger partial charge in [-0.15, -0.1) is 0 Å². The van der Waals surface area contributed by atoms with Gasteiger partial charge in [0.25, 0.3) is 0 Å². The molecule has 21 heavy (non-hydrogen) atoms. The van der Waals surface area contributed by atoms with Crippen LogP contribution in [0.1, 0.15) is 32.3 Å². The third-order valence-corrected chi connectivity index (χ3v) is 4.06. The van der Waals surface area contributed by atoms with Crippen LogP contribution in [-0.4, -0.2) is 42.2 Å². The van der Waals surface area contributed by atoms with E-state index in [-0.39, 0.29) is 6.10 Å². The standard InChI is InChI=1S/C17H25NO3/c1-17(2,16(19)20)11-13-7-4-5-9-15(13)21-14-8-6-10-18(3)12-14/h4-5,7,9,14H,6,8,10-12H2,1-3H3,(H,19,20). The van der Waals surface area contributed by atoms with Gasteiger partial charge in [0.1, 0.15) is 11.9 Å². The maximum absolute atomic E-state index is 11.3. The van der Waals surface area contributed by atoms with Crippen molar-refractivity contribution in [1.82, 2.24) is 4.90 Å². The number of rotatable bonds is 5.